The Balaban J connectivity index is 1.68. The molecule has 1 N–H and O–H groups in total. The molecule has 0 bridgehead atoms. The lowest BCUT2D eigenvalue weighted by Crippen LogP contribution is -2.34. The molecule has 0 saturated heterocycles. The van der Waals surface area contributed by atoms with E-state index < -0.39 is 0 Å². The molecular formula is C20H31N. The van der Waals surface area contributed by atoms with E-state index in [9.17, 15) is 0 Å². The number of fused-ring (bicyclic) bond motifs is 1. The third-order valence-electron chi connectivity index (χ3n) is 6.13. The maximum atomic E-state index is 3.67. The second-order valence-electron chi connectivity index (χ2n) is 7.27. The van der Waals surface area contributed by atoms with Gasteiger partial charge in [0, 0.05) is 6.04 Å². The van der Waals surface area contributed by atoms with Gasteiger partial charge in [-0.3, -0.25) is 0 Å². The van der Waals surface area contributed by atoms with E-state index in [1.807, 2.05) is 0 Å². The van der Waals surface area contributed by atoms with Crippen LogP contribution in [0.4, 0.5) is 0 Å². The summed E-state index contributed by atoms with van der Waals surface area (Å²) in [5.41, 5.74) is 3.26. The zero-order chi connectivity index (χ0) is 14.7. The molecular weight excluding hydrogens is 254 g/mol. The number of benzene rings is 1. The van der Waals surface area contributed by atoms with Crippen LogP contribution in [0.5, 0.6) is 0 Å². The Hall–Kier alpha value is -0.820. The first-order valence-electron chi connectivity index (χ1n) is 9.06. The van der Waals surface area contributed by atoms with Crippen molar-refractivity contribution in [3.63, 3.8) is 0 Å². The van der Waals surface area contributed by atoms with Crippen molar-refractivity contribution in [1.29, 1.82) is 0 Å². The zero-order valence-electron chi connectivity index (χ0n) is 13.8. The molecule has 0 aliphatic heterocycles. The first-order valence-corrected chi connectivity index (χ1v) is 9.06. The summed E-state index contributed by atoms with van der Waals surface area (Å²) in [6, 6.07) is 9.89. The summed E-state index contributed by atoms with van der Waals surface area (Å²) in [7, 11) is 2.18. The summed E-state index contributed by atoms with van der Waals surface area (Å²) in [6.45, 7) is 2.36. The molecule has 1 heteroatoms. The first kappa shape index (κ1) is 15.1. The molecule has 3 rings (SSSR count). The Bertz CT molecular complexity index is 453. The van der Waals surface area contributed by atoms with Gasteiger partial charge in [0.1, 0.15) is 0 Å². The van der Waals surface area contributed by atoms with Crippen LogP contribution >= 0.6 is 0 Å². The average molecular weight is 285 g/mol. The molecule has 4 unspecified atom stereocenters. The molecule has 2 aliphatic carbocycles. The molecule has 21 heavy (non-hydrogen) atoms. The van der Waals surface area contributed by atoms with E-state index >= 15 is 0 Å². The minimum absolute atomic E-state index is 0.720. The molecule has 1 saturated carbocycles. The Morgan fingerprint density at radius 2 is 2.05 bits per heavy atom. The number of aryl methyl sites for hydroxylation is 1. The van der Waals surface area contributed by atoms with Crippen LogP contribution in [0.3, 0.4) is 0 Å². The molecule has 4 atom stereocenters. The van der Waals surface area contributed by atoms with Crippen molar-refractivity contribution in [2.24, 2.45) is 11.8 Å². The molecule has 1 aromatic carbocycles. The van der Waals surface area contributed by atoms with Gasteiger partial charge in [0.25, 0.3) is 0 Å². The summed E-state index contributed by atoms with van der Waals surface area (Å²) < 4.78 is 0. The SMILES string of the molecule is CCC1CCC(C(CC2CCCc3ccccc32)NC)C1. The normalized spacial score (nSPS) is 30.1. The summed E-state index contributed by atoms with van der Waals surface area (Å²) in [5, 5.41) is 3.67. The summed E-state index contributed by atoms with van der Waals surface area (Å²) in [5.74, 6) is 2.69. The van der Waals surface area contributed by atoms with Crippen molar-refractivity contribution in [1.82, 2.24) is 5.32 Å². The highest BCUT2D eigenvalue weighted by atomic mass is 14.9. The van der Waals surface area contributed by atoms with Crippen LogP contribution in [0.1, 0.15) is 68.9 Å². The molecule has 1 nitrogen and oxygen atoms in total. The zero-order valence-corrected chi connectivity index (χ0v) is 13.8. The van der Waals surface area contributed by atoms with Crippen LogP contribution in [-0.2, 0) is 6.42 Å². The van der Waals surface area contributed by atoms with Gasteiger partial charge in [-0.15, -0.1) is 0 Å². The summed E-state index contributed by atoms with van der Waals surface area (Å²) in [6.07, 6.45) is 11.1. The van der Waals surface area contributed by atoms with Gasteiger partial charge in [0.05, 0.1) is 0 Å². The molecule has 0 aromatic heterocycles. The largest absolute Gasteiger partial charge is 0.317 e. The second-order valence-corrected chi connectivity index (χ2v) is 7.27. The van der Waals surface area contributed by atoms with Gasteiger partial charge < -0.3 is 5.32 Å². The van der Waals surface area contributed by atoms with Gasteiger partial charge >= 0.3 is 0 Å². The van der Waals surface area contributed by atoms with Gasteiger partial charge in [0.15, 0.2) is 0 Å². The van der Waals surface area contributed by atoms with Crippen molar-refractivity contribution < 1.29 is 0 Å². The van der Waals surface area contributed by atoms with Gasteiger partial charge in [-0.05, 0) is 74.5 Å². The molecule has 1 fully saturated rings. The highest BCUT2D eigenvalue weighted by molar-refractivity contribution is 5.32. The number of hydrogen-bond acceptors (Lipinski definition) is 1. The van der Waals surface area contributed by atoms with Crippen LogP contribution in [-0.4, -0.2) is 13.1 Å². The lowest BCUT2D eigenvalue weighted by molar-refractivity contribution is 0.317. The van der Waals surface area contributed by atoms with Gasteiger partial charge in [-0.25, -0.2) is 0 Å². The smallest absolute Gasteiger partial charge is 0.00982 e. The monoisotopic (exact) mass is 285 g/mol. The average Bonchev–Trinajstić information content (AvgIpc) is 3.01. The van der Waals surface area contributed by atoms with E-state index in [-0.39, 0.29) is 0 Å². The highest BCUT2D eigenvalue weighted by Gasteiger charge is 2.32. The van der Waals surface area contributed by atoms with Crippen molar-refractivity contribution >= 4 is 0 Å². The second kappa shape index (κ2) is 6.96. The molecule has 0 radical (unpaired) electrons. The van der Waals surface area contributed by atoms with Crippen LogP contribution in [0.2, 0.25) is 0 Å². The lowest BCUT2D eigenvalue weighted by Gasteiger charge is -2.31. The van der Waals surface area contributed by atoms with Crippen LogP contribution in [0.25, 0.3) is 0 Å². The van der Waals surface area contributed by atoms with Crippen molar-refractivity contribution in [3.8, 4) is 0 Å². The predicted octanol–water partition coefficient (Wildman–Crippen LogP) is 4.91. The summed E-state index contributed by atoms with van der Waals surface area (Å²) >= 11 is 0. The van der Waals surface area contributed by atoms with Crippen LogP contribution < -0.4 is 5.32 Å². The fourth-order valence-electron chi connectivity index (χ4n) is 4.80. The number of nitrogens with one attached hydrogen (secondary N) is 1. The quantitative estimate of drug-likeness (QED) is 0.810. The fourth-order valence-corrected chi connectivity index (χ4v) is 4.80. The van der Waals surface area contributed by atoms with Crippen molar-refractivity contribution in [3.05, 3.63) is 35.4 Å². The number of rotatable bonds is 5. The lowest BCUT2D eigenvalue weighted by atomic mass is 9.77. The first-order chi connectivity index (χ1) is 10.3. The van der Waals surface area contributed by atoms with Crippen molar-refractivity contribution in [2.75, 3.05) is 7.05 Å². The van der Waals surface area contributed by atoms with E-state index in [2.05, 4.69) is 43.6 Å². The van der Waals surface area contributed by atoms with Gasteiger partial charge in [-0.2, -0.15) is 0 Å². The Labute approximate surface area is 130 Å². The molecule has 0 spiro atoms. The van der Waals surface area contributed by atoms with E-state index in [1.54, 1.807) is 11.1 Å². The Morgan fingerprint density at radius 3 is 2.81 bits per heavy atom. The maximum absolute atomic E-state index is 3.67. The van der Waals surface area contributed by atoms with Gasteiger partial charge in [0.2, 0.25) is 0 Å². The molecule has 0 heterocycles. The third-order valence-corrected chi connectivity index (χ3v) is 6.13. The van der Waals surface area contributed by atoms with Gasteiger partial charge in [-0.1, -0.05) is 44.0 Å². The minimum atomic E-state index is 0.720. The summed E-state index contributed by atoms with van der Waals surface area (Å²) in [4.78, 5) is 0. The highest BCUT2D eigenvalue weighted by Crippen LogP contribution is 2.40. The van der Waals surface area contributed by atoms with E-state index in [0.717, 1.165) is 23.8 Å². The minimum Gasteiger partial charge on any atom is -0.317 e. The predicted molar refractivity (Wildman–Crippen MR) is 90.7 cm³/mol. The van der Waals surface area contributed by atoms with E-state index in [1.165, 1.54) is 51.4 Å². The van der Waals surface area contributed by atoms with E-state index in [4.69, 9.17) is 0 Å². The third kappa shape index (κ3) is 3.34. The Morgan fingerprint density at radius 1 is 1.19 bits per heavy atom. The maximum Gasteiger partial charge on any atom is 0.00982 e. The molecule has 1 aromatic rings. The fraction of sp³-hybridized carbons (Fsp3) is 0.700. The molecule has 2 aliphatic rings. The van der Waals surface area contributed by atoms with E-state index in [0.29, 0.717) is 0 Å². The standard InChI is InChI=1S/C20H31N/c1-3-15-11-12-18(13-15)20(21-2)14-17-9-6-8-16-7-4-5-10-19(16)17/h4-5,7,10,15,17-18,20-21H,3,6,8-9,11-14H2,1-2H3. The van der Waals surface area contributed by atoms with Crippen molar-refractivity contribution in [2.45, 2.75) is 70.3 Å². The topological polar surface area (TPSA) is 12.0 Å². The number of hydrogen-bond donors (Lipinski definition) is 1. The Kier molecular flexibility index (Phi) is 5.00. The van der Waals surface area contributed by atoms with Crippen LogP contribution in [0, 0.1) is 11.8 Å². The molecule has 116 valence electrons. The molecule has 0 amide bonds. The van der Waals surface area contributed by atoms with Crippen LogP contribution in [0.15, 0.2) is 24.3 Å².